The summed E-state index contributed by atoms with van der Waals surface area (Å²) in [6.45, 7) is 13.2. The van der Waals surface area contributed by atoms with Gasteiger partial charge in [-0.15, -0.1) is 11.8 Å². The normalized spacial score (nSPS) is 22.3. The lowest BCUT2D eigenvalue weighted by molar-refractivity contribution is -0.140. The van der Waals surface area contributed by atoms with Gasteiger partial charge in [-0.25, -0.2) is 0 Å². The van der Waals surface area contributed by atoms with Crippen LogP contribution in [0.1, 0.15) is 85.5 Å². The van der Waals surface area contributed by atoms with Crippen LogP contribution in [0, 0.1) is 23.7 Å². The first-order valence-electron chi connectivity index (χ1n) is 12.5. The fraction of sp³-hybridized carbons (Fsp3) is 0.778. The van der Waals surface area contributed by atoms with Crippen molar-refractivity contribution in [2.45, 2.75) is 116 Å². The Morgan fingerprint density at radius 3 is 2.55 bits per heavy atom. The molecule has 1 aliphatic carbocycles. The third-order valence-corrected chi connectivity index (χ3v) is 11.5. The summed E-state index contributed by atoms with van der Waals surface area (Å²) in [7, 11) is -0.659. The molecule has 0 aromatic carbocycles. The molecule has 0 amide bonds. The molecule has 1 rings (SSSR count). The number of hydrogen-bond acceptors (Lipinski definition) is 5. The quantitative estimate of drug-likeness (QED) is 0.126. The van der Waals surface area contributed by atoms with Crippen molar-refractivity contribution in [3.05, 3.63) is 12.2 Å². The number of ketones is 1. The summed E-state index contributed by atoms with van der Waals surface area (Å²) in [6, 6.07) is 0. The lowest BCUT2D eigenvalue weighted by Crippen LogP contribution is -2.45. The van der Waals surface area contributed by atoms with Gasteiger partial charge in [0.05, 0.1) is 19.3 Å². The summed E-state index contributed by atoms with van der Waals surface area (Å²) in [5.41, 5.74) is 0. The smallest absolute Gasteiger partial charge is 0.305 e. The van der Waals surface area contributed by atoms with E-state index in [9.17, 15) is 14.7 Å². The van der Waals surface area contributed by atoms with Crippen molar-refractivity contribution in [1.29, 1.82) is 0 Å². The van der Waals surface area contributed by atoms with Crippen LogP contribution in [0.4, 0.5) is 0 Å². The van der Waals surface area contributed by atoms with Crippen LogP contribution in [-0.2, 0) is 18.8 Å². The average molecular weight is 479 g/mol. The third-order valence-electron chi connectivity index (χ3n) is 6.98. The highest BCUT2D eigenvalue weighted by atomic mass is 28.4. The van der Waals surface area contributed by atoms with Crippen LogP contribution in [-0.4, -0.2) is 44.5 Å². The van der Waals surface area contributed by atoms with Gasteiger partial charge in [-0.3, -0.25) is 9.59 Å². The van der Waals surface area contributed by atoms with Crippen molar-refractivity contribution in [1.82, 2.24) is 0 Å². The highest BCUT2D eigenvalue weighted by Crippen LogP contribution is 2.42. The monoisotopic (exact) mass is 478 g/mol. The minimum Gasteiger partial charge on any atom is -0.469 e. The number of ether oxygens (including phenoxy) is 1. The highest BCUT2D eigenvalue weighted by Gasteiger charge is 2.46. The van der Waals surface area contributed by atoms with Gasteiger partial charge in [-0.1, -0.05) is 59.1 Å². The number of carbonyl (C=O) groups excluding carboxylic acids is 2. The van der Waals surface area contributed by atoms with Crippen molar-refractivity contribution in [2.24, 2.45) is 11.8 Å². The molecule has 188 valence electrons. The summed E-state index contributed by atoms with van der Waals surface area (Å²) < 4.78 is 11.3. The van der Waals surface area contributed by atoms with Crippen LogP contribution in [0.2, 0.25) is 18.1 Å². The molecule has 33 heavy (non-hydrogen) atoms. The Morgan fingerprint density at radius 2 is 1.94 bits per heavy atom. The van der Waals surface area contributed by atoms with E-state index in [1.807, 2.05) is 12.2 Å². The predicted molar refractivity (Wildman–Crippen MR) is 136 cm³/mol. The molecule has 0 unspecified atom stereocenters. The van der Waals surface area contributed by atoms with Crippen LogP contribution >= 0.6 is 0 Å². The van der Waals surface area contributed by atoms with Gasteiger partial charge >= 0.3 is 5.97 Å². The van der Waals surface area contributed by atoms with Gasteiger partial charge in [-0.2, -0.15) is 0 Å². The fourth-order valence-corrected chi connectivity index (χ4v) is 5.14. The van der Waals surface area contributed by atoms with Crippen LogP contribution in [0.15, 0.2) is 12.2 Å². The van der Waals surface area contributed by atoms with E-state index in [1.54, 1.807) is 0 Å². The van der Waals surface area contributed by atoms with Gasteiger partial charge in [0.2, 0.25) is 0 Å². The van der Waals surface area contributed by atoms with Gasteiger partial charge in [0.15, 0.2) is 8.32 Å². The molecule has 0 spiro atoms. The Kier molecular flexibility index (Phi) is 12.6. The topological polar surface area (TPSA) is 72.8 Å². The molecule has 0 heterocycles. The molecule has 5 nitrogen and oxygen atoms in total. The molecule has 0 aliphatic heterocycles. The minimum absolute atomic E-state index is 0.0571. The number of hydrogen-bond donors (Lipinski definition) is 1. The van der Waals surface area contributed by atoms with Gasteiger partial charge < -0.3 is 14.3 Å². The number of aliphatic hydroxyl groups excluding tert-OH is 1. The fourth-order valence-electron chi connectivity index (χ4n) is 3.79. The number of unbranched alkanes of at least 4 members (excludes halogenated alkanes) is 3. The van der Waals surface area contributed by atoms with Gasteiger partial charge in [0, 0.05) is 37.5 Å². The molecule has 0 aromatic rings. The van der Waals surface area contributed by atoms with Crippen LogP contribution in [0.3, 0.4) is 0 Å². The number of rotatable bonds is 12. The Hall–Kier alpha value is -1.42. The summed E-state index contributed by atoms with van der Waals surface area (Å²) in [6.07, 6.45) is 9.69. The van der Waals surface area contributed by atoms with Gasteiger partial charge in [0.25, 0.3) is 0 Å². The largest absolute Gasteiger partial charge is 0.469 e. The Morgan fingerprint density at radius 1 is 1.24 bits per heavy atom. The number of aliphatic hydroxyl groups is 1. The first kappa shape index (κ1) is 29.6. The van der Waals surface area contributed by atoms with Crippen molar-refractivity contribution >= 4 is 20.1 Å². The lowest BCUT2D eigenvalue weighted by Gasteiger charge is -2.39. The maximum atomic E-state index is 12.9. The predicted octanol–water partition coefficient (Wildman–Crippen LogP) is 5.82. The second-order valence-corrected chi connectivity index (χ2v) is 15.5. The van der Waals surface area contributed by atoms with Crippen molar-refractivity contribution in [3.8, 4) is 11.8 Å². The summed E-state index contributed by atoms with van der Waals surface area (Å²) in [4.78, 5) is 24.2. The SMILES string of the molecule is CCCCC[C@H](O)/C=C/[C@H]1[C@H](O[Si](C)(C)C(C)(C)C)CC(=O)[C@@H]1CC#CCCCC(=O)OC. The molecule has 6 heteroatoms. The van der Waals surface area contributed by atoms with E-state index >= 15 is 0 Å². The van der Waals surface area contributed by atoms with Gasteiger partial charge in [-0.05, 0) is 31.0 Å². The molecule has 4 atom stereocenters. The van der Waals surface area contributed by atoms with E-state index in [-0.39, 0.29) is 34.7 Å². The molecule has 1 fully saturated rings. The standard InChI is InChI=1S/C27H46O5Si/c1-8-9-12-15-21(28)18-19-23-22(16-13-10-11-14-17-26(30)31-5)24(29)20-25(23)32-33(6,7)27(2,3)4/h18-19,21-23,25,28H,8-9,11-12,14-17,20H2,1-7H3/b19-18+/t21-,22+,23+,25+/m0/s1. The molecular formula is C27H46O5Si. The average Bonchev–Trinajstić information content (AvgIpc) is 3.01. The molecule has 1 N–H and O–H groups in total. The maximum Gasteiger partial charge on any atom is 0.305 e. The van der Waals surface area contributed by atoms with Crippen LogP contribution in [0.25, 0.3) is 0 Å². The zero-order valence-electron chi connectivity index (χ0n) is 21.9. The van der Waals surface area contributed by atoms with Crippen molar-refractivity contribution in [3.63, 3.8) is 0 Å². The van der Waals surface area contributed by atoms with Crippen LogP contribution in [0.5, 0.6) is 0 Å². The van der Waals surface area contributed by atoms with Crippen molar-refractivity contribution in [2.75, 3.05) is 7.11 Å². The first-order valence-corrected chi connectivity index (χ1v) is 15.4. The molecule has 0 saturated heterocycles. The number of esters is 1. The zero-order valence-corrected chi connectivity index (χ0v) is 22.9. The lowest BCUT2D eigenvalue weighted by atomic mass is 9.90. The second kappa shape index (κ2) is 14.1. The van der Waals surface area contributed by atoms with E-state index < -0.39 is 14.4 Å². The van der Waals surface area contributed by atoms with E-state index in [4.69, 9.17) is 4.43 Å². The van der Waals surface area contributed by atoms with E-state index in [0.29, 0.717) is 32.1 Å². The number of Topliss-reactive ketones (excluding diaryl/α,β-unsaturated/α-hetero) is 1. The number of carbonyl (C=O) groups is 2. The third kappa shape index (κ3) is 10.2. The molecule has 0 aromatic heterocycles. The summed E-state index contributed by atoms with van der Waals surface area (Å²) >= 11 is 0. The van der Waals surface area contributed by atoms with Crippen molar-refractivity contribution < 1.29 is 23.9 Å². The van der Waals surface area contributed by atoms with Crippen LogP contribution < -0.4 is 0 Å². The number of methoxy groups -OCH3 is 1. The molecular weight excluding hydrogens is 432 g/mol. The molecule has 1 aliphatic rings. The Balaban J connectivity index is 2.91. The Labute approximate surface area is 202 Å². The minimum atomic E-state index is -2.04. The first-order chi connectivity index (χ1) is 15.4. The van der Waals surface area contributed by atoms with E-state index in [0.717, 1.165) is 25.7 Å². The second-order valence-electron chi connectivity index (χ2n) is 10.7. The summed E-state index contributed by atoms with van der Waals surface area (Å²) in [5.74, 6) is 5.94. The highest BCUT2D eigenvalue weighted by molar-refractivity contribution is 6.74. The molecule has 0 radical (unpaired) electrons. The molecule has 0 bridgehead atoms. The maximum absolute atomic E-state index is 12.9. The van der Waals surface area contributed by atoms with E-state index in [2.05, 4.69) is 57.4 Å². The van der Waals surface area contributed by atoms with Gasteiger partial charge in [0.1, 0.15) is 5.78 Å². The Bertz CT molecular complexity index is 710. The molecule has 1 saturated carbocycles. The van der Waals surface area contributed by atoms with E-state index in [1.165, 1.54) is 7.11 Å². The zero-order chi connectivity index (χ0) is 25.1. The summed E-state index contributed by atoms with van der Waals surface area (Å²) in [5, 5.41) is 10.5.